The third-order valence-electron chi connectivity index (χ3n) is 19.9. The number of ether oxygens (including phenoxy) is 23. The van der Waals surface area contributed by atoms with Crippen LogP contribution in [0.25, 0.3) is 10.4 Å². The first-order chi connectivity index (χ1) is 63.8. The molecule has 0 saturated heterocycles. The highest BCUT2D eigenvalue weighted by Gasteiger charge is 2.47. The molecule has 0 radical (unpaired) electrons. The zero-order valence-electron chi connectivity index (χ0n) is 77.3. The van der Waals surface area contributed by atoms with Gasteiger partial charge in [-0.3, -0.25) is 23.0 Å². The first-order valence-corrected chi connectivity index (χ1v) is 51.2. The summed E-state index contributed by atoms with van der Waals surface area (Å²) in [7, 11) is -17.6. The molecule has 2 aliphatic heterocycles. The number of allylic oxidation sites excluding steroid dienone is 5. The van der Waals surface area contributed by atoms with Crippen molar-refractivity contribution in [1.29, 1.82) is 0 Å². The number of rotatable bonds is 93. The Bertz CT molecular complexity index is 3930. The Labute approximate surface area is 780 Å². The van der Waals surface area contributed by atoms with E-state index in [1.54, 1.807) is 24.3 Å². The number of unbranched alkanes of at least 4 members (excludes halogenated alkanes) is 4. The maximum Gasteiger partial charge on any atom is 0.294 e. The molecule has 2 aliphatic rings. The second kappa shape index (κ2) is 74.8. The van der Waals surface area contributed by atoms with E-state index in [1.807, 2.05) is 48.8 Å². The topological polar surface area (TPSA) is 514 Å². The Kier molecular flexibility index (Phi) is 67.5. The van der Waals surface area contributed by atoms with Crippen molar-refractivity contribution in [2.24, 2.45) is 5.11 Å². The molecule has 2 aromatic carbocycles. The van der Waals surface area contributed by atoms with Crippen LogP contribution in [0, 0.1) is 0 Å². The van der Waals surface area contributed by atoms with Crippen LogP contribution in [0.4, 0.5) is 11.4 Å². The first kappa shape index (κ1) is 119. The lowest BCUT2D eigenvalue weighted by molar-refractivity contribution is -0.121. The maximum atomic E-state index is 12.9. The number of nitrogens with zero attached hydrogens (tertiary/aromatic N) is 5. The normalized spacial score (nSPS) is 15.6. The standard InChI is InChI=1S/C86H148N6O36S4/c1-85(2)78-74-76(131(100,101)102)17-19-80(78)91(24-10-12-72-129(94,95)96)82(85)14-6-4-7-15-83-86(3,79-75-77(132(103,104)105)18-20-81(79)92(83)25-11-13-73-130(97,98)99)21-9-5-8-16-84(93)88-22-26-106-28-30-108-32-34-110-36-38-112-40-42-114-44-46-116-48-50-118-52-54-120-56-58-122-60-62-124-64-66-126-68-70-128-71-69-127-67-65-125-63-61-123-59-57-121-55-53-119-51-49-117-47-45-115-43-41-113-39-37-111-35-33-109-31-29-107-27-23-89-90-87/h4,6-7,14-15,17-20,74-75,83H,5,8-13,16,21-73H2,1-3H3,(H,88,93)(H,94,95,96)(H,97,98,99)(H,100,101,102)(H,103,104,105)/b6-4+,15-7+,82-14+. The number of nitrogens with one attached hydrogen (secondary N) is 1. The van der Waals surface area contributed by atoms with Crippen molar-refractivity contribution in [3.05, 3.63) is 94.0 Å². The summed E-state index contributed by atoms with van der Waals surface area (Å²) in [5.74, 6) is -1.05. The van der Waals surface area contributed by atoms with E-state index < -0.39 is 68.9 Å². The van der Waals surface area contributed by atoms with Gasteiger partial charge in [-0.05, 0) is 97.7 Å². The van der Waals surface area contributed by atoms with Gasteiger partial charge in [-0.2, -0.15) is 33.7 Å². The van der Waals surface area contributed by atoms with Crippen molar-refractivity contribution in [1.82, 2.24) is 5.32 Å². The predicted octanol–water partition coefficient (Wildman–Crippen LogP) is 6.52. The molecule has 46 heteroatoms. The predicted molar refractivity (Wildman–Crippen MR) is 488 cm³/mol. The number of carbonyl (C=O) groups is 1. The van der Waals surface area contributed by atoms with Gasteiger partial charge in [0.2, 0.25) is 5.91 Å². The molecule has 132 heavy (non-hydrogen) atoms. The zero-order chi connectivity index (χ0) is 95.6. The summed E-state index contributed by atoms with van der Waals surface area (Å²) in [5.41, 5.74) is 9.89. The van der Waals surface area contributed by atoms with Crippen LogP contribution < -0.4 is 15.1 Å². The molecule has 4 rings (SSSR count). The number of fused-ring (bicyclic) bond motifs is 2. The van der Waals surface area contributed by atoms with Gasteiger partial charge in [-0.25, -0.2) is 0 Å². The van der Waals surface area contributed by atoms with Crippen molar-refractivity contribution < 1.29 is 166 Å². The number of benzene rings is 2. The highest BCUT2D eigenvalue weighted by atomic mass is 32.2. The number of hydrogen-bond donors (Lipinski definition) is 5. The molecule has 0 spiro atoms. The third kappa shape index (κ3) is 58.5. The van der Waals surface area contributed by atoms with Crippen LogP contribution >= 0.6 is 0 Å². The first-order valence-electron chi connectivity index (χ1n) is 45.1. The molecule has 0 aromatic heterocycles. The minimum Gasteiger partial charge on any atom is -0.379 e. The van der Waals surface area contributed by atoms with Gasteiger partial charge in [-0.15, -0.1) is 0 Å². The summed E-state index contributed by atoms with van der Waals surface area (Å²) in [6.45, 7) is 27.1. The lowest BCUT2D eigenvalue weighted by atomic mass is 9.74. The van der Waals surface area contributed by atoms with Crippen molar-refractivity contribution in [2.75, 3.05) is 351 Å². The molecule has 0 fully saturated rings. The molecule has 0 saturated carbocycles. The summed E-state index contributed by atoms with van der Waals surface area (Å²) in [6.07, 6.45) is 12.7. The van der Waals surface area contributed by atoms with Crippen LogP contribution in [0.1, 0.15) is 89.7 Å². The molecule has 2 atom stereocenters. The quantitative estimate of drug-likeness (QED) is 0.0117. The minimum atomic E-state index is -4.63. The van der Waals surface area contributed by atoms with Crippen molar-refractivity contribution >= 4 is 57.8 Å². The number of hydrogen-bond acceptors (Lipinski definition) is 35. The smallest absolute Gasteiger partial charge is 0.294 e. The minimum absolute atomic E-state index is 0.134. The summed E-state index contributed by atoms with van der Waals surface area (Å²) in [6, 6.07) is 8.20. The van der Waals surface area contributed by atoms with Gasteiger partial charge in [0.1, 0.15) is 0 Å². The van der Waals surface area contributed by atoms with Gasteiger partial charge in [0.25, 0.3) is 40.5 Å². The second-order valence-corrected chi connectivity index (χ2v) is 36.4. The summed E-state index contributed by atoms with van der Waals surface area (Å²) in [4.78, 5) is 18.9. The number of anilines is 2. The summed E-state index contributed by atoms with van der Waals surface area (Å²) >= 11 is 0. The Morgan fingerprint density at radius 3 is 1.02 bits per heavy atom. The van der Waals surface area contributed by atoms with Gasteiger partial charge in [0.05, 0.1) is 331 Å². The van der Waals surface area contributed by atoms with Crippen LogP contribution in [0.5, 0.6) is 0 Å². The van der Waals surface area contributed by atoms with E-state index in [2.05, 4.69) is 15.3 Å². The average molecular weight is 1970 g/mol. The molecule has 0 aliphatic carbocycles. The van der Waals surface area contributed by atoms with Gasteiger partial charge in [-0.1, -0.05) is 63.0 Å². The molecule has 2 unspecified atom stereocenters. The van der Waals surface area contributed by atoms with E-state index in [0.717, 1.165) is 5.70 Å². The van der Waals surface area contributed by atoms with Crippen LogP contribution in [0.15, 0.2) is 87.4 Å². The lowest BCUT2D eigenvalue weighted by Gasteiger charge is -2.35. The Balaban J connectivity index is 0.867. The largest absolute Gasteiger partial charge is 0.379 e. The SMILES string of the molecule is CC1(C)\C(=C/C=C/C=C/C2N(CCCCS(=O)(=O)O)c3ccc(S(=O)(=O)O)cc3C2(C)CCCCCC(=O)NCCOCCOCCOCCOCCOCCOCCOCCOCCOCCOCCOCCOCCOCCOCCOCCOCCOCCOCCOCCOCCOCCOCCOCCN=[N+]=[N-])N(CCCCS(=O)(=O)O)c2ccc(S(=O)(=O)O)cc21. The van der Waals surface area contributed by atoms with Crippen LogP contribution in [0.3, 0.4) is 0 Å². The van der Waals surface area contributed by atoms with E-state index in [0.29, 0.717) is 385 Å². The van der Waals surface area contributed by atoms with Crippen molar-refractivity contribution in [2.45, 2.75) is 105 Å². The number of amides is 1. The highest BCUT2D eigenvalue weighted by molar-refractivity contribution is 7.86. The van der Waals surface area contributed by atoms with E-state index in [1.165, 1.54) is 24.3 Å². The van der Waals surface area contributed by atoms with E-state index in [-0.39, 0.29) is 41.6 Å². The lowest BCUT2D eigenvalue weighted by Crippen LogP contribution is -2.42. The average Bonchev–Trinajstić information content (AvgIpc) is 1.58. The van der Waals surface area contributed by atoms with Crippen molar-refractivity contribution in [3.63, 3.8) is 0 Å². The molecule has 5 N–H and O–H groups in total. The Hall–Kier alpha value is -5.24. The summed E-state index contributed by atoms with van der Waals surface area (Å²) in [5, 5.41) is 6.26. The fourth-order valence-electron chi connectivity index (χ4n) is 13.3. The number of azide groups is 1. The van der Waals surface area contributed by atoms with E-state index in [4.69, 9.17) is 114 Å². The second-order valence-electron chi connectivity index (χ2n) is 30.4. The molecular formula is C86H148N6O36S4. The van der Waals surface area contributed by atoms with E-state index in [9.17, 15) is 56.7 Å². The van der Waals surface area contributed by atoms with Gasteiger partial charge in [0.15, 0.2) is 0 Å². The molecule has 1 amide bonds. The van der Waals surface area contributed by atoms with Crippen molar-refractivity contribution in [3.8, 4) is 0 Å². The fourth-order valence-corrected chi connectivity index (χ4v) is 15.5. The molecule has 2 aromatic rings. The molecular weight excluding hydrogens is 1820 g/mol. The monoisotopic (exact) mass is 1970 g/mol. The summed E-state index contributed by atoms with van der Waals surface area (Å²) < 4.78 is 262. The van der Waals surface area contributed by atoms with E-state index >= 15 is 0 Å². The molecule has 42 nitrogen and oxygen atoms in total. The number of carbonyl (C=O) groups excluding carboxylic acids is 1. The van der Waals surface area contributed by atoms with Crippen LogP contribution in [-0.2, 0) is 165 Å². The van der Waals surface area contributed by atoms with Crippen LogP contribution in [0.2, 0.25) is 0 Å². The third-order valence-corrected chi connectivity index (χ3v) is 23.3. The Morgan fingerprint density at radius 1 is 0.386 bits per heavy atom. The highest BCUT2D eigenvalue weighted by Crippen LogP contribution is 2.51. The van der Waals surface area contributed by atoms with Gasteiger partial charge in [0, 0.05) is 65.4 Å². The molecule has 762 valence electrons. The molecule has 2 heterocycles. The zero-order valence-corrected chi connectivity index (χ0v) is 80.5. The molecule has 0 bridgehead atoms. The Morgan fingerprint density at radius 2 is 0.697 bits per heavy atom. The fraction of sp³-hybridized carbons (Fsp3) is 0.779. The van der Waals surface area contributed by atoms with Gasteiger partial charge >= 0.3 is 0 Å². The van der Waals surface area contributed by atoms with Gasteiger partial charge < -0.3 is 124 Å². The van der Waals surface area contributed by atoms with Crippen LogP contribution in [-0.4, -0.2) is 405 Å². The maximum absolute atomic E-state index is 12.9.